The summed E-state index contributed by atoms with van der Waals surface area (Å²) < 4.78 is 0. The average molecular weight is 278 g/mol. The van der Waals surface area contributed by atoms with E-state index >= 15 is 0 Å². The van der Waals surface area contributed by atoms with Crippen molar-refractivity contribution in [1.82, 2.24) is 4.98 Å². The van der Waals surface area contributed by atoms with Crippen molar-refractivity contribution in [3.8, 4) is 0 Å². The van der Waals surface area contributed by atoms with Crippen molar-refractivity contribution in [2.24, 2.45) is 0 Å². The van der Waals surface area contributed by atoms with Crippen LogP contribution in [-0.2, 0) is 4.79 Å². The molecule has 2 aromatic rings. The number of hydrogen-bond donors (Lipinski definition) is 1. The van der Waals surface area contributed by atoms with E-state index in [9.17, 15) is 4.79 Å². The van der Waals surface area contributed by atoms with Crippen LogP contribution in [0.3, 0.4) is 0 Å². The molecule has 3 nitrogen and oxygen atoms in total. The SMILES string of the molecule is C[C@@H](SCC(=O)Nc1ccncc1)c1cccs1. The summed E-state index contributed by atoms with van der Waals surface area (Å²) in [6, 6.07) is 7.70. The van der Waals surface area contributed by atoms with Crippen LogP contribution in [0.5, 0.6) is 0 Å². The molecule has 1 N–H and O–H groups in total. The molecule has 18 heavy (non-hydrogen) atoms. The van der Waals surface area contributed by atoms with Crippen molar-refractivity contribution in [3.63, 3.8) is 0 Å². The van der Waals surface area contributed by atoms with Crippen molar-refractivity contribution in [3.05, 3.63) is 46.9 Å². The Balaban J connectivity index is 1.79. The van der Waals surface area contributed by atoms with Gasteiger partial charge in [-0.25, -0.2) is 0 Å². The molecule has 0 aliphatic heterocycles. The number of nitrogens with zero attached hydrogens (tertiary/aromatic N) is 1. The normalized spacial score (nSPS) is 12.1. The fourth-order valence-electron chi connectivity index (χ4n) is 1.44. The lowest BCUT2D eigenvalue weighted by molar-refractivity contribution is -0.113. The van der Waals surface area contributed by atoms with E-state index in [1.165, 1.54) is 4.88 Å². The Bertz CT molecular complexity index is 485. The molecule has 0 radical (unpaired) electrons. The molecule has 0 fully saturated rings. The molecular weight excluding hydrogens is 264 g/mol. The number of carbonyl (C=O) groups excluding carboxylic acids is 1. The number of hydrogen-bond acceptors (Lipinski definition) is 4. The van der Waals surface area contributed by atoms with Crippen LogP contribution in [0.2, 0.25) is 0 Å². The molecule has 0 saturated carbocycles. The smallest absolute Gasteiger partial charge is 0.234 e. The number of pyridine rings is 1. The molecule has 2 aromatic heterocycles. The summed E-state index contributed by atoms with van der Waals surface area (Å²) in [6.45, 7) is 2.12. The van der Waals surface area contributed by atoms with Gasteiger partial charge in [-0.2, -0.15) is 0 Å². The standard InChI is InChI=1S/C13H14N2OS2/c1-10(12-3-2-8-17-12)18-9-13(16)15-11-4-6-14-7-5-11/h2-8,10H,9H2,1H3,(H,14,15,16)/t10-/m1/s1. The third-order valence-corrected chi connectivity index (χ3v) is 4.76. The van der Waals surface area contributed by atoms with Gasteiger partial charge >= 0.3 is 0 Å². The Kier molecular flexibility index (Phi) is 4.78. The van der Waals surface area contributed by atoms with Gasteiger partial charge in [0.1, 0.15) is 0 Å². The maximum absolute atomic E-state index is 11.7. The van der Waals surface area contributed by atoms with Gasteiger partial charge in [0.25, 0.3) is 0 Å². The topological polar surface area (TPSA) is 42.0 Å². The van der Waals surface area contributed by atoms with E-state index in [4.69, 9.17) is 0 Å². The van der Waals surface area contributed by atoms with E-state index in [2.05, 4.69) is 28.7 Å². The summed E-state index contributed by atoms with van der Waals surface area (Å²) in [5.74, 6) is 0.482. The van der Waals surface area contributed by atoms with Crippen molar-refractivity contribution in [2.45, 2.75) is 12.2 Å². The molecule has 0 bridgehead atoms. The molecule has 1 atom stereocenters. The molecule has 0 spiro atoms. The Morgan fingerprint density at radius 1 is 1.44 bits per heavy atom. The van der Waals surface area contributed by atoms with Crippen LogP contribution in [0.25, 0.3) is 0 Å². The Hall–Kier alpha value is -1.33. The summed E-state index contributed by atoms with van der Waals surface area (Å²) in [5.41, 5.74) is 0.791. The van der Waals surface area contributed by atoms with Gasteiger partial charge in [0, 0.05) is 28.2 Å². The first-order valence-electron chi connectivity index (χ1n) is 5.60. The molecule has 2 rings (SSSR count). The van der Waals surface area contributed by atoms with Gasteiger partial charge in [-0.1, -0.05) is 6.07 Å². The minimum absolute atomic E-state index is 0.0228. The van der Waals surface area contributed by atoms with Crippen LogP contribution >= 0.6 is 23.1 Å². The highest BCUT2D eigenvalue weighted by Gasteiger charge is 2.10. The zero-order valence-electron chi connectivity index (χ0n) is 10.00. The number of aromatic nitrogens is 1. The molecule has 94 valence electrons. The first-order chi connectivity index (χ1) is 8.75. The molecule has 0 aliphatic rings. The molecular formula is C13H14N2OS2. The molecule has 0 aromatic carbocycles. The number of anilines is 1. The predicted octanol–water partition coefficient (Wildman–Crippen LogP) is 3.58. The maximum atomic E-state index is 11.7. The lowest BCUT2D eigenvalue weighted by Gasteiger charge is -2.09. The molecule has 0 saturated heterocycles. The number of thioether (sulfide) groups is 1. The van der Waals surface area contributed by atoms with Gasteiger partial charge in [-0.3, -0.25) is 9.78 Å². The first kappa shape index (κ1) is 13.1. The number of nitrogens with one attached hydrogen (secondary N) is 1. The Morgan fingerprint density at radius 3 is 2.89 bits per heavy atom. The molecule has 1 amide bonds. The van der Waals surface area contributed by atoms with Crippen molar-refractivity contribution in [2.75, 3.05) is 11.1 Å². The number of carbonyl (C=O) groups is 1. The molecule has 0 aliphatic carbocycles. The van der Waals surface area contributed by atoms with E-state index < -0.39 is 0 Å². The summed E-state index contributed by atoms with van der Waals surface area (Å²) in [6.07, 6.45) is 3.33. The monoisotopic (exact) mass is 278 g/mol. The number of thiophene rings is 1. The maximum Gasteiger partial charge on any atom is 0.234 e. The zero-order chi connectivity index (χ0) is 12.8. The molecule has 5 heteroatoms. The summed E-state index contributed by atoms with van der Waals surface area (Å²) in [5, 5.41) is 5.26. The quantitative estimate of drug-likeness (QED) is 0.909. The van der Waals surface area contributed by atoms with E-state index in [1.807, 2.05) is 6.07 Å². The van der Waals surface area contributed by atoms with Gasteiger partial charge in [0.15, 0.2) is 0 Å². The second-order valence-corrected chi connectivity index (χ2v) is 6.06. The van der Waals surface area contributed by atoms with Crippen molar-refractivity contribution in [1.29, 1.82) is 0 Å². The van der Waals surface area contributed by atoms with E-state index in [0.29, 0.717) is 11.0 Å². The largest absolute Gasteiger partial charge is 0.325 e. The van der Waals surface area contributed by atoms with Gasteiger partial charge in [0.2, 0.25) is 5.91 Å². The summed E-state index contributed by atoms with van der Waals surface area (Å²) in [7, 11) is 0. The van der Waals surface area contributed by atoms with Gasteiger partial charge in [-0.15, -0.1) is 23.1 Å². The second kappa shape index (κ2) is 6.56. The Labute approximate surface area is 115 Å². The molecule has 2 heterocycles. The summed E-state index contributed by atoms with van der Waals surface area (Å²) >= 11 is 3.37. The third-order valence-electron chi connectivity index (χ3n) is 2.37. The summed E-state index contributed by atoms with van der Waals surface area (Å²) in [4.78, 5) is 16.9. The fraction of sp³-hybridized carbons (Fsp3) is 0.231. The predicted molar refractivity (Wildman–Crippen MR) is 78.1 cm³/mol. The van der Waals surface area contributed by atoms with E-state index in [0.717, 1.165) is 5.69 Å². The molecule has 0 unspecified atom stereocenters. The van der Waals surface area contributed by atoms with Crippen LogP contribution in [0.15, 0.2) is 42.0 Å². The van der Waals surface area contributed by atoms with E-state index in [-0.39, 0.29) is 5.91 Å². The number of amides is 1. The van der Waals surface area contributed by atoms with Crippen LogP contribution in [0.4, 0.5) is 5.69 Å². The van der Waals surface area contributed by atoms with Crippen molar-refractivity contribution < 1.29 is 4.79 Å². The first-order valence-corrected chi connectivity index (χ1v) is 7.53. The van der Waals surface area contributed by atoms with Crippen molar-refractivity contribution >= 4 is 34.7 Å². The lowest BCUT2D eigenvalue weighted by atomic mass is 10.4. The average Bonchev–Trinajstić information content (AvgIpc) is 2.91. The van der Waals surface area contributed by atoms with Crippen LogP contribution in [-0.4, -0.2) is 16.6 Å². The third kappa shape index (κ3) is 3.85. The van der Waals surface area contributed by atoms with Crippen LogP contribution in [0, 0.1) is 0 Å². The zero-order valence-corrected chi connectivity index (χ0v) is 11.6. The highest BCUT2D eigenvalue weighted by molar-refractivity contribution is 8.00. The van der Waals surface area contributed by atoms with Gasteiger partial charge in [-0.05, 0) is 30.5 Å². The fourth-order valence-corrected chi connectivity index (χ4v) is 3.19. The lowest BCUT2D eigenvalue weighted by Crippen LogP contribution is -2.14. The highest BCUT2D eigenvalue weighted by atomic mass is 32.2. The van der Waals surface area contributed by atoms with Crippen LogP contribution < -0.4 is 5.32 Å². The minimum atomic E-state index is 0.0228. The van der Waals surface area contributed by atoms with Gasteiger partial charge < -0.3 is 5.32 Å². The van der Waals surface area contributed by atoms with Gasteiger partial charge in [0.05, 0.1) is 5.75 Å². The highest BCUT2D eigenvalue weighted by Crippen LogP contribution is 2.31. The van der Waals surface area contributed by atoms with E-state index in [1.54, 1.807) is 47.6 Å². The Morgan fingerprint density at radius 2 is 2.22 bits per heavy atom. The number of rotatable bonds is 5. The minimum Gasteiger partial charge on any atom is -0.325 e. The second-order valence-electron chi connectivity index (χ2n) is 3.75. The van der Waals surface area contributed by atoms with Crippen LogP contribution in [0.1, 0.15) is 17.1 Å².